The smallest absolute Gasteiger partial charge is 0.244 e. The highest BCUT2D eigenvalue weighted by atomic mass is 79.9. The zero-order valence-electron chi connectivity index (χ0n) is 11.8. The summed E-state index contributed by atoms with van der Waals surface area (Å²) in [5, 5.41) is 2.44. The number of nitrogens with zero attached hydrogens (tertiary/aromatic N) is 1. The van der Waals surface area contributed by atoms with Crippen molar-refractivity contribution >= 4 is 31.9 Å². The van der Waals surface area contributed by atoms with E-state index in [2.05, 4.69) is 21.2 Å². The molecule has 0 heterocycles. The van der Waals surface area contributed by atoms with Gasteiger partial charge in [0.25, 0.3) is 0 Å². The van der Waals surface area contributed by atoms with Gasteiger partial charge in [-0.15, -0.1) is 0 Å². The molecule has 1 aromatic rings. The fraction of sp³-hybridized carbons (Fsp3) is 0.462. The summed E-state index contributed by atoms with van der Waals surface area (Å²) in [6.45, 7) is 3.88. The van der Waals surface area contributed by atoms with E-state index in [-0.39, 0.29) is 17.3 Å². The van der Waals surface area contributed by atoms with Gasteiger partial charge in [0, 0.05) is 18.1 Å². The summed E-state index contributed by atoms with van der Waals surface area (Å²) in [5.74, 6) is -0.328. The van der Waals surface area contributed by atoms with E-state index in [1.54, 1.807) is 18.2 Å². The Labute approximate surface area is 128 Å². The van der Waals surface area contributed by atoms with Crippen LogP contribution in [0.15, 0.2) is 27.6 Å². The van der Waals surface area contributed by atoms with Crippen LogP contribution in [-0.2, 0) is 14.8 Å². The van der Waals surface area contributed by atoms with Crippen molar-refractivity contribution in [2.24, 2.45) is 0 Å². The highest BCUT2D eigenvalue weighted by Gasteiger charge is 2.27. The third kappa shape index (κ3) is 4.04. The van der Waals surface area contributed by atoms with Crippen LogP contribution >= 0.6 is 15.9 Å². The topological polar surface area (TPSA) is 66.5 Å². The summed E-state index contributed by atoms with van der Waals surface area (Å²) in [7, 11) is -2.20. The first kappa shape index (κ1) is 17.1. The molecule has 0 saturated carbocycles. The molecule has 0 radical (unpaired) electrons. The standard InChI is InChI=1S/C13H19BrN2O3S/c1-4-7-16(9-13(17)15-3)20(18,19)12-6-5-10(2)8-11(12)14/h5-6,8H,4,7,9H2,1-3H3,(H,15,17). The molecule has 1 rings (SSSR count). The largest absolute Gasteiger partial charge is 0.358 e. The average Bonchev–Trinajstić information content (AvgIpc) is 2.37. The number of nitrogens with one attached hydrogen (secondary N) is 1. The molecular weight excluding hydrogens is 344 g/mol. The van der Waals surface area contributed by atoms with Crippen LogP contribution in [0.2, 0.25) is 0 Å². The Balaban J connectivity index is 3.18. The molecule has 0 aliphatic rings. The lowest BCUT2D eigenvalue weighted by Gasteiger charge is -2.21. The third-order valence-electron chi connectivity index (χ3n) is 2.78. The van der Waals surface area contributed by atoms with Crippen LogP contribution in [0.3, 0.4) is 0 Å². The highest BCUT2D eigenvalue weighted by molar-refractivity contribution is 9.10. The number of sulfonamides is 1. The van der Waals surface area contributed by atoms with Crippen molar-refractivity contribution < 1.29 is 13.2 Å². The van der Waals surface area contributed by atoms with Crippen LogP contribution in [0, 0.1) is 6.92 Å². The number of benzene rings is 1. The maximum Gasteiger partial charge on any atom is 0.244 e. The molecule has 20 heavy (non-hydrogen) atoms. The first-order valence-corrected chi connectivity index (χ1v) is 8.53. The van der Waals surface area contributed by atoms with E-state index < -0.39 is 10.0 Å². The predicted molar refractivity (Wildman–Crippen MR) is 82.0 cm³/mol. The zero-order valence-corrected chi connectivity index (χ0v) is 14.2. The van der Waals surface area contributed by atoms with Crippen molar-refractivity contribution in [1.82, 2.24) is 9.62 Å². The van der Waals surface area contributed by atoms with E-state index in [1.807, 2.05) is 13.8 Å². The van der Waals surface area contributed by atoms with Crippen LogP contribution in [0.1, 0.15) is 18.9 Å². The number of hydrogen-bond donors (Lipinski definition) is 1. The molecule has 7 heteroatoms. The normalized spacial score (nSPS) is 11.7. The summed E-state index contributed by atoms with van der Waals surface area (Å²) in [4.78, 5) is 11.7. The number of halogens is 1. The number of rotatable bonds is 6. The molecule has 0 atom stereocenters. The fourth-order valence-electron chi connectivity index (χ4n) is 1.73. The summed E-state index contributed by atoms with van der Waals surface area (Å²) < 4.78 is 26.9. The molecule has 1 aromatic carbocycles. The Morgan fingerprint density at radius 3 is 2.55 bits per heavy atom. The molecule has 0 aromatic heterocycles. The summed E-state index contributed by atoms with van der Waals surface area (Å²) in [5.41, 5.74) is 0.962. The third-order valence-corrected chi connectivity index (χ3v) is 5.60. The lowest BCUT2D eigenvalue weighted by Crippen LogP contribution is -2.40. The van der Waals surface area contributed by atoms with Crippen LogP contribution in [-0.4, -0.2) is 38.8 Å². The van der Waals surface area contributed by atoms with Gasteiger partial charge in [-0.2, -0.15) is 4.31 Å². The first-order chi connectivity index (χ1) is 9.32. The van der Waals surface area contributed by atoms with Gasteiger partial charge in [-0.25, -0.2) is 8.42 Å². The lowest BCUT2D eigenvalue weighted by atomic mass is 10.2. The van der Waals surface area contributed by atoms with Gasteiger partial charge in [0.2, 0.25) is 15.9 Å². The molecule has 0 spiro atoms. The number of likely N-dealkylation sites (N-methyl/N-ethyl adjacent to an activating group) is 1. The van der Waals surface area contributed by atoms with E-state index in [4.69, 9.17) is 0 Å². The lowest BCUT2D eigenvalue weighted by molar-refractivity contribution is -0.120. The first-order valence-electron chi connectivity index (χ1n) is 6.29. The Hall–Kier alpha value is -0.920. The van der Waals surface area contributed by atoms with E-state index in [9.17, 15) is 13.2 Å². The molecule has 0 aliphatic carbocycles. The zero-order chi connectivity index (χ0) is 15.3. The molecule has 0 unspecified atom stereocenters. The average molecular weight is 363 g/mol. The number of carbonyl (C=O) groups excluding carboxylic acids is 1. The van der Waals surface area contributed by atoms with Crippen molar-refractivity contribution in [2.75, 3.05) is 20.1 Å². The molecular formula is C13H19BrN2O3S. The quantitative estimate of drug-likeness (QED) is 0.840. The molecule has 0 aliphatic heterocycles. The molecule has 112 valence electrons. The highest BCUT2D eigenvalue weighted by Crippen LogP contribution is 2.26. The second kappa shape index (κ2) is 7.19. The number of hydrogen-bond acceptors (Lipinski definition) is 3. The van der Waals surface area contributed by atoms with Crippen LogP contribution in [0.4, 0.5) is 0 Å². The molecule has 0 bridgehead atoms. The van der Waals surface area contributed by atoms with Crippen molar-refractivity contribution in [2.45, 2.75) is 25.2 Å². The van der Waals surface area contributed by atoms with Crippen LogP contribution in [0.5, 0.6) is 0 Å². The summed E-state index contributed by atoms with van der Waals surface area (Å²) in [6, 6.07) is 5.04. The van der Waals surface area contributed by atoms with Gasteiger partial charge in [0.15, 0.2) is 0 Å². The predicted octanol–water partition coefficient (Wildman–Crippen LogP) is 1.90. The minimum absolute atomic E-state index is 0.174. The minimum Gasteiger partial charge on any atom is -0.358 e. The van der Waals surface area contributed by atoms with Crippen molar-refractivity contribution in [1.29, 1.82) is 0 Å². The second-order valence-electron chi connectivity index (χ2n) is 4.45. The van der Waals surface area contributed by atoms with E-state index in [1.165, 1.54) is 11.4 Å². The van der Waals surface area contributed by atoms with Gasteiger partial charge >= 0.3 is 0 Å². The number of aryl methyl sites for hydroxylation is 1. The maximum absolute atomic E-state index is 12.6. The fourth-order valence-corrected chi connectivity index (χ4v) is 4.37. The van der Waals surface area contributed by atoms with Crippen molar-refractivity contribution in [3.8, 4) is 0 Å². The maximum atomic E-state index is 12.6. The van der Waals surface area contributed by atoms with Gasteiger partial charge in [0.1, 0.15) is 0 Å². The molecule has 5 nitrogen and oxygen atoms in total. The van der Waals surface area contributed by atoms with E-state index in [0.29, 0.717) is 17.4 Å². The Kier molecular flexibility index (Phi) is 6.16. The number of amides is 1. The van der Waals surface area contributed by atoms with Gasteiger partial charge < -0.3 is 5.32 Å². The molecule has 0 saturated heterocycles. The van der Waals surface area contributed by atoms with Crippen molar-refractivity contribution in [3.05, 3.63) is 28.2 Å². The van der Waals surface area contributed by atoms with Gasteiger partial charge in [-0.3, -0.25) is 4.79 Å². The summed E-state index contributed by atoms with van der Waals surface area (Å²) in [6.07, 6.45) is 0.639. The molecule has 1 amide bonds. The van der Waals surface area contributed by atoms with E-state index in [0.717, 1.165) is 5.56 Å². The van der Waals surface area contributed by atoms with Crippen molar-refractivity contribution in [3.63, 3.8) is 0 Å². The Morgan fingerprint density at radius 1 is 1.40 bits per heavy atom. The number of carbonyl (C=O) groups is 1. The van der Waals surface area contributed by atoms with Gasteiger partial charge in [-0.1, -0.05) is 13.0 Å². The molecule has 1 N–H and O–H groups in total. The Morgan fingerprint density at radius 2 is 2.05 bits per heavy atom. The minimum atomic E-state index is -3.69. The molecule has 0 fully saturated rings. The van der Waals surface area contributed by atoms with Crippen LogP contribution < -0.4 is 5.32 Å². The summed E-state index contributed by atoms with van der Waals surface area (Å²) >= 11 is 3.28. The Bertz CT molecular complexity index is 587. The van der Waals surface area contributed by atoms with Gasteiger partial charge in [-0.05, 0) is 47.0 Å². The van der Waals surface area contributed by atoms with E-state index >= 15 is 0 Å². The SMILES string of the molecule is CCCN(CC(=O)NC)S(=O)(=O)c1ccc(C)cc1Br. The van der Waals surface area contributed by atoms with Crippen LogP contribution in [0.25, 0.3) is 0 Å². The second-order valence-corrected chi connectivity index (χ2v) is 7.21. The monoisotopic (exact) mass is 362 g/mol. The van der Waals surface area contributed by atoms with Gasteiger partial charge in [0.05, 0.1) is 11.4 Å².